The number of hydrogen-bond donors (Lipinski definition) is 2. The van der Waals surface area contributed by atoms with Crippen molar-refractivity contribution < 1.29 is 10.2 Å². The fourth-order valence-electron chi connectivity index (χ4n) is 1.75. The van der Waals surface area contributed by atoms with E-state index in [-0.39, 0.29) is 6.10 Å². The predicted octanol–water partition coefficient (Wildman–Crippen LogP) is 0.850. The van der Waals surface area contributed by atoms with Crippen molar-refractivity contribution in [1.82, 2.24) is 4.90 Å². The summed E-state index contributed by atoms with van der Waals surface area (Å²) >= 11 is 0. The summed E-state index contributed by atoms with van der Waals surface area (Å²) in [6, 6.07) is 0. The van der Waals surface area contributed by atoms with Gasteiger partial charge >= 0.3 is 0 Å². The van der Waals surface area contributed by atoms with Crippen LogP contribution in [0.4, 0.5) is 0 Å². The fraction of sp³-hybridized carbons (Fsp3) is 1.00. The number of rotatable bonds is 3. The first kappa shape index (κ1) is 12.0. The van der Waals surface area contributed by atoms with Crippen molar-refractivity contribution in [2.75, 3.05) is 19.6 Å². The van der Waals surface area contributed by atoms with Gasteiger partial charge < -0.3 is 15.1 Å². The molecule has 3 nitrogen and oxygen atoms in total. The topological polar surface area (TPSA) is 43.7 Å². The summed E-state index contributed by atoms with van der Waals surface area (Å²) < 4.78 is 0. The minimum Gasteiger partial charge on any atom is -0.392 e. The number of nitrogens with zero attached hydrogens (tertiary/aromatic N) is 1. The normalized spacial score (nSPS) is 30.6. The van der Waals surface area contributed by atoms with Gasteiger partial charge in [-0.25, -0.2) is 0 Å². The molecule has 1 aliphatic heterocycles. The van der Waals surface area contributed by atoms with Crippen LogP contribution in [0.15, 0.2) is 0 Å². The minimum atomic E-state index is -0.589. The third-order valence-electron chi connectivity index (χ3n) is 3.04. The van der Waals surface area contributed by atoms with Crippen LogP contribution in [0.25, 0.3) is 0 Å². The highest BCUT2D eigenvalue weighted by atomic mass is 16.3. The Labute approximate surface area is 86.7 Å². The van der Waals surface area contributed by atoms with Gasteiger partial charge in [0.1, 0.15) is 0 Å². The molecule has 0 saturated carbocycles. The summed E-state index contributed by atoms with van der Waals surface area (Å²) in [5.41, 5.74) is -0.589. The molecule has 1 rings (SSSR count). The van der Waals surface area contributed by atoms with Crippen molar-refractivity contribution >= 4 is 0 Å². The van der Waals surface area contributed by atoms with Crippen LogP contribution in [0.2, 0.25) is 0 Å². The molecule has 2 unspecified atom stereocenters. The van der Waals surface area contributed by atoms with Crippen LogP contribution < -0.4 is 0 Å². The van der Waals surface area contributed by atoms with E-state index in [9.17, 15) is 10.2 Å². The Morgan fingerprint density at radius 3 is 2.57 bits per heavy atom. The van der Waals surface area contributed by atoms with Crippen LogP contribution in [0.3, 0.4) is 0 Å². The molecule has 2 atom stereocenters. The molecule has 2 N–H and O–H groups in total. The lowest BCUT2D eigenvalue weighted by atomic mass is 9.95. The highest BCUT2D eigenvalue weighted by Crippen LogP contribution is 2.18. The van der Waals surface area contributed by atoms with Crippen molar-refractivity contribution in [2.45, 2.75) is 45.3 Å². The Bertz CT molecular complexity index is 177. The number of β-amino-alcohol motifs (C(OH)–C–C–N with tert-alkyl or cyclic N) is 1. The monoisotopic (exact) mass is 201 g/mol. The molecular formula is C11H23NO2. The number of aliphatic hydroxyl groups is 2. The molecular weight excluding hydrogens is 178 g/mol. The van der Waals surface area contributed by atoms with Crippen LogP contribution in [-0.4, -0.2) is 46.5 Å². The first-order valence-electron chi connectivity index (χ1n) is 5.51. The van der Waals surface area contributed by atoms with Gasteiger partial charge in [-0.1, -0.05) is 6.92 Å². The number of aliphatic hydroxyl groups excluding tert-OH is 1. The molecule has 14 heavy (non-hydrogen) atoms. The van der Waals surface area contributed by atoms with Gasteiger partial charge in [-0.3, -0.25) is 0 Å². The zero-order valence-electron chi connectivity index (χ0n) is 9.53. The molecule has 0 spiro atoms. The quantitative estimate of drug-likeness (QED) is 0.711. The molecule has 1 fully saturated rings. The Morgan fingerprint density at radius 1 is 1.43 bits per heavy atom. The van der Waals surface area contributed by atoms with Gasteiger partial charge in [-0.2, -0.15) is 0 Å². The lowest BCUT2D eigenvalue weighted by Crippen LogP contribution is -2.44. The Balaban J connectivity index is 2.27. The largest absolute Gasteiger partial charge is 0.392 e. The predicted molar refractivity (Wildman–Crippen MR) is 57.1 cm³/mol. The molecule has 0 bridgehead atoms. The smallest absolute Gasteiger partial charge is 0.0693 e. The van der Waals surface area contributed by atoms with E-state index in [0.29, 0.717) is 5.92 Å². The van der Waals surface area contributed by atoms with E-state index in [4.69, 9.17) is 0 Å². The van der Waals surface area contributed by atoms with E-state index in [1.54, 1.807) is 0 Å². The van der Waals surface area contributed by atoms with E-state index in [2.05, 4.69) is 11.8 Å². The Morgan fingerprint density at radius 2 is 2.07 bits per heavy atom. The third kappa shape index (κ3) is 3.95. The summed E-state index contributed by atoms with van der Waals surface area (Å²) in [5.74, 6) is 0.424. The third-order valence-corrected chi connectivity index (χ3v) is 3.04. The second-order valence-corrected chi connectivity index (χ2v) is 5.20. The van der Waals surface area contributed by atoms with Crippen molar-refractivity contribution in [3.05, 3.63) is 0 Å². The summed E-state index contributed by atoms with van der Waals surface area (Å²) in [6.45, 7) is 8.45. The maximum atomic E-state index is 9.67. The van der Waals surface area contributed by atoms with E-state index in [1.807, 2.05) is 13.8 Å². The van der Waals surface area contributed by atoms with E-state index in [0.717, 1.165) is 32.5 Å². The zero-order valence-corrected chi connectivity index (χ0v) is 9.53. The molecule has 0 aliphatic carbocycles. The lowest BCUT2D eigenvalue weighted by Gasteiger charge is -2.35. The maximum Gasteiger partial charge on any atom is 0.0693 e. The van der Waals surface area contributed by atoms with Crippen molar-refractivity contribution in [1.29, 1.82) is 0 Å². The van der Waals surface area contributed by atoms with Gasteiger partial charge in [0.25, 0.3) is 0 Å². The van der Waals surface area contributed by atoms with E-state index < -0.39 is 5.60 Å². The minimum absolute atomic E-state index is 0.189. The van der Waals surface area contributed by atoms with Crippen LogP contribution in [0, 0.1) is 5.92 Å². The molecule has 1 saturated heterocycles. The molecule has 3 heteroatoms. The molecule has 1 aliphatic rings. The molecule has 84 valence electrons. The number of hydrogen-bond acceptors (Lipinski definition) is 3. The summed E-state index contributed by atoms with van der Waals surface area (Å²) in [6.07, 6.45) is 1.65. The van der Waals surface area contributed by atoms with Gasteiger partial charge in [-0.05, 0) is 39.2 Å². The first-order chi connectivity index (χ1) is 6.38. The van der Waals surface area contributed by atoms with Crippen molar-refractivity contribution in [3.63, 3.8) is 0 Å². The van der Waals surface area contributed by atoms with Gasteiger partial charge in [0, 0.05) is 13.1 Å². The maximum absolute atomic E-state index is 9.67. The zero-order chi connectivity index (χ0) is 10.8. The Kier molecular flexibility index (Phi) is 3.93. The summed E-state index contributed by atoms with van der Waals surface area (Å²) in [7, 11) is 0. The molecule has 0 aromatic carbocycles. The second-order valence-electron chi connectivity index (χ2n) is 5.20. The lowest BCUT2D eigenvalue weighted by molar-refractivity contribution is 0.00983. The average molecular weight is 201 g/mol. The van der Waals surface area contributed by atoms with Gasteiger partial charge in [0.05, 0.1) is 11.7 Å². The fourth-order valence-corrected chi connectivity index (χ4v) is 1.75. The number of piperidine rings is 1. The van der Waals surface area contributed by atoms with Crippen molar-refractivity contribution in [3.8, 4) is 0 Å². The average Bonchev–Trinajstić information content (AvgIpc) is 2.06. The highest BCUT2D eigenvalue weighted by Gasteiger charge is 2.25. The van der Waals surface area contributed by atoms with Crippen LogP contribution in [0.1, 0.15) is 33.6 Å². The van der Waals surface area contributed by atoms with E-state index in [1.165, 1.54) is 0 Å². The molecule has 0 aromatic rings. The summed E-state index contributed by atoms with van der Waals surface area (Å²) in [4.78, 5) is 2.24. The van der Waals surface area contributed by atoms with Gasteiger partial charge in [-0.15, -0.1) is 0 Å². The van der Waals surface area contributed by atoms with Crippen molar-refractivity contribution in [2.24, 2.45) is 5.92 Å². The summed E-state index contributed by atoms with van der Waals surface area (Å²) in [5, 5.41) is 19.3. The van der Waals surface area contributed by atoms with Crippen LogP contribution in [-0.2, 0) is 0 Å². The molecule has 1 heterocycles. The highest BCUT2D eigenvalue weighted by molar-refractivity contribution is 4.78. The standard InChI is InChI=1S/C11H23NO2/c1-9-4-6-12(8-10(9)13)7-5-11(2,3)14/h9-10,13-14H,4-8H2,1-3H3. The Hall–Kier alpha value is -0.120. The second kappa shape index (κ2) is 4.60. The first-order valence-corrected chi connectivity index (χ1v) is 5.51. The van der Waals surface area contributed by atoms with Crippen LogP contribution >= 0.6 is 0 Å². The van der Waals surface area contributed by atoms with Gasteiger partial charge in [0.15, 0.2) is 0 Å². The number of likely N-dealkylation sites (tertiary alicyclic amines) is 1. The van der Waals surface area contributed by atoms with E-state index >= 15 is 0 Å². The SMILES string of the molecule is CC1CCN(CCC(C)(C)O)CC1O. The molecule has 0 aromatic heterocycles. The van der Waals surface area contributed by atoms with Gasteiger partial charge in [0.2, 0.25) is 0 Å². The van der Waals surface area contributed by atoms with Crippen LogP contribution in [0.5, 0.6) is 0 Å². The molecule has 0 radical (unpaired) electrons. The molecule has 0 amide bonds.